The van der Waals surface area contributed by atoms with E-state index < -0.39 is 10.0 Å². The minimum Gasteiger partial charge on any atom is -0.350 e. The largest absolute Gasteiger partial charge is 0.350 e. The Kier molecular flexibility index (Phi) is 5.20. The molecule has 0 aromatic heterocycles. The van der Waals surface area contributed by atoms with Crippen molar-refractivity contribution in [2.24, 2.45) is 0 Å². The number of carbonyl (C=O) groups is 1. The number of hydrogen-bond acceptors (Lipinski definition) is 3. The molecule has 2 N–H and O–H groups in total. The van der Waals surface area contributed by atoms with Crippen LogP contribution in [0.5, 0.6) is 0 Å². The molecule has 0 aliphatic carbocycles. The van der Waals surface area contributed by atoms with Gasteiger partial charge in [-0.1, -0.05) is 18.5 Å². The van der Waals surface area contributed by atoms with Gasteiger partial charge in [-0.3, -0.25) is 9.52 Å². The summed E-state index contributed by atoms with van der Waals surface area (Å²) in [6, 6.07) is 4.46. The average Bonchev–Trinajstić information content (AvgIpc) is 2.26. The smallest absolute Gasteiger partial charge is 0.253 e. The summed E-state index contributed by atoms with van der Waals surface area (Å²) in [7, 11) is -3.36. The topological polar surface area (TPSA) is 75.3 Å². The van der Waals surface area contributed by atoms with Crippen molar-refractivity contribution in [1.82, 2.24) is 5.32 Å². The predicted molar refractivity (Wildman–Crippen MR) is 77.1 cm³/mol. The van der Waals surface area contributed by atoms with Crippen molar-refractivity contribution in [3.05, 3.63) is 28.8 Å². The normalized spacial score (nSPS) is 12.8. The number of rotatable bonds is 5. The first kappa shape index (κ1) is 15.8. The molecule has 1 atom stereocenters. The molecule has 1 aromatic carbocycles. The van der Waals surface area contributed by atoms with E-state index in [1.54, 1.807) is 0 Å². The lowest BCUT2D eigenvalue weighted by Gasteiger charge is -2.13. The molecular weight excluding hydrogens is 288 g/mol. The number of amides is 1. The summed E-state index contributed by atoms with van der Waals surface area (Å²) in [6.45, 7) is 3.86. The van der Waals surface area contributed by atoms with Gasteiger partial charge in [0.1, 0.15) is 0 Å². The highest BCUT2D eigenvalue weighted by Gasteiger charge is 2.13. The summed E-state index contributed by atoms with van der Waals surface area (Å²) >= 11 is 5.98. The Hall–Kier alpha value is -1.27. The van der Waals surface area contributed by atoms with Gasteiger partial charge in [0.15, 0.2) is 0 Å². The number of carbonyl (C=O) groups excluding carboxylic acids is 1. The first-order chi connectivity index (χ1) is 8.73. The van der Waals surface area contributed by atoms with Gasteiger partial charge in [0.2, 0.25) is 10.0 Å². The number of sulfonamides is 1. The molecule has 0 aliphatic heterocycles. The third-order valence-corrected chi connectivity index (χ3v) is 3.43. The maximum absolute atomic E-state index is 11.9. The molecule has 1 unspecified atom stereocenters. The standard InChI is InChI=1S/C12H17ClN2O3S/c1-4-8(2)14-12(16)10-6-5-9(7-11(10)13)15-19(3,17)18/h5-8,15H,4H2,1-3H3,(H,14,16). The maximum Gasteiger partial charge on any atom is 0.253 e. The fourth-order valence-corrected chi connectivity index (χ4v) is 2.20. The minimum atomic E-state index is -3.36. The van der Waals surface area contributed by atoms with E-state index >= 15 is 0 Å². The van der Waals surface area contributed by atoms with Gasteiger partial charge in [0, 0.05) is 11.7 Å². The van der Waals surface area contributed by atoms with Gasteiger partial charge in [-0.15, -0.1) is 0 Å². The second-order valence-corrected chi connectivity index (χ2v) is 6.51. The van der Waals surface area contributed by atoms with Crippen molar-refractivity contribution in [2.75, 3.05) is 11.0 Å². The van der Waals surface area contributed by atoms with Crippen LogP contribution < -0.4 is 10.0 Å². The molecule has 1 amide bonds. The predicted octanol–water partition coefficient (Wildman–Crippen LogP) is 2.24. The fraction of sp³-hybridized carbons (Fsp3) is 0.417. The molecule has 5 nitrogen and oxygen atoms in total. The molecular formula is C12H17ClN2O3S. The first-order valence-electron chi connectivity index (χ1n) is 5.81. The average molecular weight is 305 g/mol. The monoisotopic (exact) mass is 304 g/mol. The maximum atomic E-state index is 11.9. The van der Waals surface area contributed by atoms with E-state index in [1.807, 2.05) is 13.8 Å². The van der Waals surface area contributed by atoms with Crippen molar-refractivity contribution >= 4 is 33.2 Å². The summed E-state index contributed by atoms with van der Waals surface area (Å²) in [5, 5.41) is 3.00. The molecule has 0 bridgehead atoms. The molecule has 19 heavy (non-hydrogen) atoms. The summed E-state index contributed by atoms with van der Waals surface area (Å²) in [5.41, 5.74) is 0.647. The quantitative estimate of drug-likeness (QED) is 0.876. The van der Waals surface area contributed by atoms with E-state index in [0.29, 0.717) is 11.3 Å². The number of nitrogens with one attached hydrogen (secondary N) is 2. The van der Waals surface area contributed by atoms with E-state index in [4.69, 9.17) is 11.6 Å². The van der Waals surface area contributed by atoms with Crippen LogP contribution in [0.25, 0.3) is 0 Å². The van der Waals surface area contributed by atoms with Gasteiger partial charge in [-0.25, -0.2) is 8.42 Å². The third kappa shape index (κ3) is 5.08. The Morgan fingerprint density at radius 1 is 1.42 bits per heavy atom. The molecule has 0 radical (unpaired) electrons. The zero-order chi connectivity index (χ0) is 14.6. The Bertz CT molecular complexity index is 572. The summed E-state index contributed by atoms with van der Waals surface area (Å²) in [4.78, 5) is 11.9. The zero-order valence-electron chi connectivity index (χ0n) is 11.0. The number of anilines is 1. The van der Waals surface area contributed by atoms with Crippen molar-refractivity contribution in [3.63, 3.8) is 0 Å². The molecule has 7 heteroatoms. The molecule has 0 spiro atoms. The zero-order valence-corrected chi connectivity index (χ0v) is 12.6. The lowest BCUT2D eigenvalue weighted by Crippen LogP contribution is -2.32. The summed E-state index contributed by atoms with van der Waals surface area (Å²) in [6.07, 6.45) is 1.86. The molecule has 1 aromatic rings. The molecule has 0 saturated carbocycles. The highest BCUT2D eigenvalue weighted by atomic mass is 35.5. The molecule has 0 aliphatic rings. The second kappa shape index (κ2) is 6.25. The molecule has 0 saturated heterocycles. The van der Waals surface area contributed by atoms with E-state index in [0.717, 1.165) is 12.7 Å². The van der Waals surface area contributed by atoms with Crippen LogP contribution in [0, 0.1) is 0 Å². The highest BCUT2D eigenvalue weighted by molar-refractivity contribution is 7.92. The first-order valence-corrected chi connectivity index (χ1v) is 8.08. The molecule has 0 fully saturated rings. The van der Waals surface area contributed by atoms with Gasteiger partial charge in [0.25, 0.3) is 5.91 Å². The number of halogens is 1. The van der Waals surface area contributed by atoms with E-state index in [-0.39, 0.29) is 17.0 Å². The van der Waals surface area contributed by atoms with Crippen LogP contribution >= 0.6 is 11.6 Å². The molecule has 106 valence electrons. The van der Waals surface area contributed by atoms with Crippen LogP contribution in [-0.2, 0) is 10.0 Å². The van der Waals surface area contributed by atoms with E-state index in [2.05, 4.69) is 10.0 Å². The number of benzene rings is 1. The fourth-order valence-electron chi connectivity index (χ4n) is 1.38. The minimum absolute atomic E-state index is 0.0531. The SMILES string of the molecule is CCC(C)NC(=O)c1ccc(NS(C)(=O)=O)cc1Cl. The molecule has 0 heterocycles. The van der Waals surface area contributed by atoms with E-state index in [9.17, 15) is 13.2 Å². The van der Waals surface area contributed by atoms with Crippen molar-refractivity contribution in [3.8, 4) is 0 Å². The second-order valence-electron chi connectivity index (χ2n) is 4.35. The lowest BCUT2D eigenvalue weighted by molar-refractivity contribution is 0.0939. The van der Waals surface area contributed by atoms with Crippen molar-refractivity contribution in [1.29, 1.82) is 0 Å². The van der Waals surface area contributed by atoms with Gasteiger partial charge in [-0.05, 0) is 31.5 Å². The van der Waals surface area contributed by atoms with E-state index in [1.165, 1.54) is 18.2 Å². The van der Waals surface area contributed by atoms with Crippen molar-refractivity contribution in [2.45, 2.75) is 26.3 Å². The van der Waals surface area contributed by atoms with Crippen LogP contribution in [-0.4, -0.2) is 26.6 Å². The van der Waals surface area contributed by atoms with Crippen LogP contribution in [0.1, 0.15) is 30.6 Å². The Labute approximate surface area is 118 Å². The third-order valence-electron chi connectivity index (χ3n) is 2.51. The van der Waals surface area contributed by atoms with Crippen molar-refractivity contribution < 1.29 is 13.2 Å². The lowest BCUT2D eigenvalue weighted by atomic mass is 10.1. The highest BCUT2D eigenvalue weighted by Crippen LogP contribution is 2.21. The van der Waals surface area contributed by atoms with Gasteiger partial charge >= 0.3 is 0 Å². The van der Waals surface area contributed by atoms with Gasteiger partial charge < -0.3 is 5.32 Å². The number of hydrogen-bond donors (Lipinski definition) is 2. The van der Waals surface area contributed by atoms with Gasteiger partial charge in [-0.2, -0.15) is 0 Å². The summed E-state index contributed by atoms with van der Waals surface area (Å²) < 4.78 is 24.5. The van der Waals surface area contributed by atoms with Gasteiger partial charge in [0.05, 0.1) is 16.8 Å². The van der Waals surface area contributed by atoms with Crippen LogP contribution in [0.3, 0.4) is 0 Å². The Balaban J connectivity index is 2.91. The molecule has 1 rings (SSSR count). The summed E-state index contributed by atoms with van der Waals surface area (Å²) in [5.74, 6) is -0.273. The Morgan fingerprint density at radius 3 is 2.53 bits per heavy atom. The Morgan fingerprint density at radius 2 is 2.05 bits per heavy atom. The van der Waals surface area contributed by atoms with Crippen LogP contribution in [0.4, 0.5) is 5.69 Å². The van der Waals surface area contributed by atoms with Crippen LogP contribution in [0.2, 0.25) is 5.02 Å². The van der Waals surface area contributed by atoms with Crippen LogP contribution in [0.15, 0.2) is 18.2 Å².